The molecule has 3 atom stereocenters. The zero-order valence-electron chi connectivity index (χ0n) is 14.7. The average molecular weight is 333 g/mol. The van der Waals surface area contributed by atoms with Gasteiger partial charge in [0.1, 0.15) is 0 Å². The van der Waals surface area contributed by atoms with Gasteiger partial charge in [0.2, 0.25) is 11.8 Å². The lowest BCUT2D eigenvalue weighted by molar-refractivity contribution is -0.139. The van der Waals surface area contributed by atoms with Gasteiger partial charge in [-0.15, -0.1) is 0 Å². The fraction of sp³-hybridized carbons (Fsp3) is 0.895. The highest BCUT2D eigenvalue weighted by Gasteiger charge is 2.44. The first-order chi connectivity index (χ1) is 11.7. The summed E-state index contributed by atoms with van der Waals surface area (Å²) >= 11 is 0. The van der Waals surface area contributed by atoms with Gasteiger partial charge in [-0.25, -0.2) is 0 Å². The molecule has 3 aliphatic carbocycles. The number of hydrogen-bond donors (Lipinski definition) is 1. The molecule has 0 aromatic heterocycles. The van der Waals surface area contributed by atoms with E-state index < -0.39 is 0 Å². The van der Waals surface area contributed by atoms with Gasteiger partial charge in [-0.1, -0.05) is 12.8 Å². The Kier molecular flexibility index (Phi) is 4.79. The highest BCUT2D eigenvalue weighted by molar-refractivity contribution is 5.80. The molecule has 1 saturated heterocycles. The fourth-order valence-corrected chi connectivity index (χ4v) is 5.13. The first kappa shape index (κ1) is 16.4. The van der Waals surface area contributed by atoms with Crippen molar-refractivity contribution in [1.82, 2.24) is 15.1 Å². The monoisotopic (exact) mass is 333 g/mol. The van der Waals surface area contributed by atoms with E-state index in [1.165, 1.54) is 25.7 Å². The molecule has 1 heterocycles. The molecule has 134 valence electrons. The third-order valence-electron chi connectivity index (χ3n) is 6.94. The Bertz CT molecular complexity index is 483. The van der Waals surface area contributed by atoms with Gasteiger partial charge in [0, 0.05) is 51.1 Å². The molecule has 1 aliphatic heterocycles. The van der Waals surface area contributed by atoms with E-state index in [1.54, 1.807) is 0 Å². The number of nitrogens with zero attached hydrogens (tertiary/aromatic N) is 2. The molecule has 4 aliphatic rings. The van der Waals surface area contributed by atoms with Crippen molar-refractivity contribution in [3.63, 3.8) is 0 Å². The molecular formula is C19H31N3O2. The van der Waals surface area contributed by atoms with Gasteiger partial charge >= 0.3 is 0 Å². The minimum absolute atomic E-state index is 0.242. The normalized spacial score (nSPS) is 33.5. The second-order valence-electron chi connectivity index (χ2n) is 8.37. The Labute approximate surface area is 145 Å². The van der Waals surface area contributed by atoms with Crippen molar-refractivity contribution < 1.29 is 9.59 Å². The molecule has 4 rings (SSSR count). The van der Waals surface area contributed by atoms with Gasteiger partial charge in [0.15, 0.2) is 0 Å². The minimum Gasteiger partial charge on any atom is -0.355 e. The molecule has 0 aromatic carbocycles. The SMILES string of the molecule is O=C(NCCN1CCN(C(=O)C2CC3CCC2C3)CC1)C1CCC1. The summed E-state index contributed by atoms with van der Waals surface area (Å²) in [5, 5.41) is 3.07. The van der Waals surface area contributed by atoms with E-state index in [-0.39, 0.29) is 11.8 Å². The van der Waals surface area contributed by atoms with E-state index in [1.807, 2.05) is 0 Å². The highest BCUT2D eigenvalue weighted by atomic mass is 16.2. The van der Waals surface area contributed by atoms with E-state index >= 15 is 0 Å². The van der Waals surface area contributed by atoms with Gasteiger partial charge in [-0.3, -0.25) is 14.5 Å². The van der Waals surface area contributed by atoms with Crippen LogP contribution in [0.25, 0.3) is 0 Å². The smallest absolute Gasteiger partial charge is 0.226 e. The number of amides is 2. The number of carbonyl (C=O) groups is 2. The lowest BCUT2D eigenvalue weighted by atomic mass is 9.85. The van der Waals surface area contributed by atoms with E-state index in [2.05, 4.69) is 15.1 Å². The van der Waals surface area contributed by atoms with Crippen LogP contribution in [-0.2, 0) is 9.59 Å². The van der Waals surface area contributed by atoms with Gasteiger partial charge in [-0.05, 0) is 43.9 Å². The van der Waals surface area contributed by atoms with E-state index in [0.717, 1.165) is 64.4 Å². The Morgan fingerprint density at radius 1 is 0.958 bits per heavy atom. The largest absolute Gasteiger partial charge is 0.355 e. The van der Waals surface area contributed by atoms with Crippen LogP contribution in [-0.4, -0.2) is 60.9 Å². The summed E-state index contributed by atoms with van der Waals surface area (Å²) in [6, 6.07) is 0. The predicted octanol–water partition coefficient (Wildman–Crippen LogP) is 1.48. The molecule has 3 unspecified atom stereocenters. The second-order valence-corrected chi connectivity index (χ2v) is 8.37. The fourth-order valence-electron chi connectivity index (χ4n) is 5.13. The van der Waals surface area contributed by atoms with E-state index in [9.17, 15) is 9.59 Å². The van der Waals surface area contributed by atoms with Crippen molar-refractivity contribution in [1.29, 1.82) is 0 Å². The maximum absolute atomic E-state index is 12.8. The Balaban J connectivity index is 1.15. The molecule has 0 aromatic rings. The summed E-state index contributed by atoms with van der Waals surface area (Å²) in [6.07, 6.45) is 8.42. The van der Waals surface area contributed by atoms with Crippen LogP contribution in [0.5, 0.6) is 0 Å². The summed E-state index contributed by atoms with van der Waals surface area (Å²) in [5.74, 6) is 2.80. The lowest BCUT2D eigenvalue weighted by Crippen LogP contribution is -2.52. The quantitative estimate of drug-likeness (QED) is 0.829. The first-order valence-corrected chi connectivity index (χ1v) is 9.99. The molecule has 0 spiro atoms. The average Bonchev–Trinajstić information content (AvgIpc) is 3.16. The number of rotatable bonds is 5. The van der Waals surface area contributed by atoms with Gasteiger partial charge in [-0.2, -0.15) is 0 Å². The zero-order chi connectivity index (χ0) is 16.5. The molecule has 0 radical (unpaired) electrons. The van der Waals surface area contributed by atoms with Crippen molar-refractivity contribution in [2.24, 2.45) is 23.7 Å². The third-order valence-corrected chi connectivity index (χ3v) is 6.94. The number of carbonyl (C=O) groups excluding carboxylic acids is 2. The number of piperazine rings is 1. The molecular weight excluding hydrogens is 302 g/mol. The van der Waals surface area contributed by atoms with Crippen LogP contribution >= 0.6 is 0 Å². The highest BCUT2D eigenvalue weighted by Crippen LogP contribution is 2.48. The summed E-state index contributed by atoms with van der Waals surface area (Å²) < 4.78 is 0. The van der Waals surface area contributed by atoms with Crippen LogP contribution < -0.4 is 5.32 Å². The molecule has 5 nitrogen and oxygen atoms in total. The van der Waals surface area contributed by atoms with Crippen molar-refractivity contribution in [2.45, 2.75) is 44.9 Å². The molecule has 3 saturated carbocycles. The molecule has 5 heteroatoms. The lowest BCUT2D eigenvalue weighted by Gasteiger charge is -2.37. The summed E-state index contributed by atoms with van der Waals surface area (Å²) in [7, 11) is 0. The van der Waals surface area contributed by atoms with Crippen molar-refractivity contribution in [3.8, 4) is 0 Å². The molecule has 4 fully saturated rings. The number of hydrogen-bond acceptors (Lipinski definition) is 3. The maximum Gasteiger partial charge on any atom is 0.226 e. The Morgan fingerprint density at radius 3 is 2.33 bits per heavy atom. The maximum atomic E-state index is 12.8. The second kappa shape index (κ2) is 7.03. The zero-order valence-corrected chi connectivity index (χ0v) is 14.7. The molecule has 1 N–H and O–H groups in total. The Morgan fingerprint density at radius 2 is 1.75 bits per heavy atom. The van der Waals surface area contributed by atoms with Crippen molar-refractivity contribution in [2.75, 3.05) is 39.3 Å². The standard InChI is InChI=1S/C19H31N3O2/c23-18(15-2-1-3-15)20-6-7-21-8-10-22(11-9-21)19(24)17-13-14-4-5-16(17)12-14/h14-17H,1-13H2,(H,20,23). The van der Waals surface area contributed by atoms with Gasteiger partial charge in [0.05, 0.1) is 0 Å². The molecule has 24 heavy (non-hydrogen) atoms. The van der Waals surface area contributed by atoms with Crippen LogP contribution in [0.15, 0.2) is 0 Å². The number of nitrogens with one attached hydrogen (secondary N) is 1. The molecule has 2 amide bonds. The predicted molar refractivity (Wildman–Crippen MR) is 92.3 cm³/mol. The van der Waals surface area contributed by atoms with Gasteiger partial charge < -0.3 is 10.2 Å². The van der Waals surface area contributed by atoms with Crippen LogP contribution in [0.2, 0.25) is 0 Å². The topological polar surface area (TPSA) is 52.7 Å². The van der Waals surface area contributed by atoms with Crippen LogP contribution in [0, 0.1) is 23.7 Å². The summed E-state index contributed by atoms with van der Waals surface area (Å²) in [5.41, 5.74) is 0. The summed E-state index contributed by atoms with van der Waals surface area (Å²) in [6.45, 7) is 5.29. The van der Waals surface area contributed by atoms with Crippen LogP contribution in [0.3, 0.4) is 0 Å². The molecule has 2 bridgehead atoms. The third kappa shape index (κ3) is 3.32. The summed E-state index contributed by atoms with van der Waals surface area (Å²) in [4.78, 5) is 29.1. The van der Waals surface area contributed by atoms with E-state index in [4.69, 9.17) is 0 Å². The van der Waals surface area contributed by atoms with Crippen molar-refractivity contribution >= 4 is 11.8 Å². The Hall–Kier alpha value is -1.10. The van der Waals surface area contributed by atoms with Crippen LogP contribution in [0.4, 0.5) is 0 Å². The van der Waals surface area contributed by atoms with Gasteiger partial charge in [0.25, 0.3) is 0 Å². The van der Waals surface area contributed by atoms with Crippen LogP contribution in [0.1, 0.15) is 44.9 Å². The van der Waals surface area contributed by atoms with E-state index in [0.29, 0.717) is 17.7 Å². The minimum atomic E-state index is 0.242. The van der Waals surface area contributed by atoms with Crippen molar-refractivity contribution in [3.05, 3.63) is 0 Å². The first-order valence-electron chi connectivity index (χ1n) is 9.99. The number of fused-ring (bicyclic) bond motifs is 2.